The van der Waals surface area contributed by atoms with E-state index in [9.17, 15) is 0 Å². The van der Waals surface area contributed by atoms with E-state index in [4.69, 9.17) is 0 Å². The molecule has 0 aliphatic rings. The zero-order valence-corrected chi connectivity index (χ0v) is 30.2. The standard InChI is InChI=1S/C40H65Br/c1-33(2)17-10-18-34(3)19-11-20-35(4)21-12-22-36(5)23-13-24-37(6)25-14-26-38(7)27-15-28-39(8)29-16-30-40(9)31-32-41/h17,19,21,23,25,27,29,31H,10-16,18,20,22,24,26,28,30,32H2,1-9H3/b34-19?,35-21?,36-23?,37-25?,38-27?,39-29+,40-31+. The summed E-state index contributed by atoms with van der Waals surface area (Å²) in [5.74, 6) is 0. The average molecular weight is 626 g/mol. The van der Waals surface area contributed by atoms with Crippen molar-refractivity contribution in [2.45, 2.75) is 152 Å². The fourth-order valence-corrected chi connectivity index (χ4v) is 5.26. The van der Waals surface area contributed by atoms with E-state index >= 15 is 0 Å². The minimum Gasteiger partial charge on any atom is -0.0883 e. The maximum atomic E-state index is 3.48. The van der Waals surface area contributed by atoms with E-state index in [0.29, 0.717) is 0 Å². The molecule has 0 N–H and O–H groups in total. The summed E-state index contributed by atoms with van der Waals surface area (Å²) >= 11 is 3.48. The molecule has 1 heteroatoms. The van der Waals surface area contributed by atoms with Gasteiger partial charge < -0.3 is 0 Å². The fourth-order valence-electron chi connectivity index (χ4n) is 4.71. The lowest BCUT2D eigenvalue weighted by Gasteiger charge is -2.04. The summed E-state index contributed by atoms with van der Waals surface area (Å²) in [5, 5.41) is 0.964. The molecule has 232 valence electrons. The normalized spacial score (nSPS) is 14.6. The Kier molecular flexibility index (Phi) is 25.0. The second-order valence-corrected chi connectivity index (χ2v) is 13.2. The number of allylic oxidation sites excluding steroid dienone is 16. The Labute approximate surface area is 265 Å². The molecular formula is C40H65Br. The topological polar surface area (TPSA) is 0 Å². The SMILES string of the molecule is CC(C)=CCCC(C)=CCCC(C)=CCCC(C)=CCCC(C)=CCCC(C)=CCC/C(C)=C/CC/C(C)=C/CBr. The highest BCUT2D eigenvalue weighted by Crippen LogP contribution is 2.17. The number of halogens is 1. The zero-order valence-electron chi connectivity index (χ0n) is 28.6. The van der Waals surface area contributed by atoms with Gasteiger partial charge >= 0.3 is 0 Å². The summed E-state index contributed by atoms with van der Waals surface area (Å²) in [6.45, 7) is 20.3. The third-order valence-corrected chi connectivity index (χ3v) is 8.03. The van der Waals surface area contributed by atoms with Gasteiger partial charge in [0.05, 0.1) is 0 Å². The van der Waals surface area contributed by atoms with Gasteiger partial charge in [-0.15, -0.1) is 0 Å². The van der Waals surface area contributed by atoms with Gasteiger partial charge in [0.15, 0.2) is 0 Å². The van der Waals surface area contributed by atoms with Crippen LogP contribution in [0.2, 0.25) is 0 Å². The molecule has 0 radical (unpaired) electrons. The number of alkyl halides is 1. The summed E-state index contributed by atoms with van der Waals surface area (Å²) in [6, 6.07) is 0. The fraction of sp³-hybridized carbons (Fsp3) is 0.600. The van der Waals surface area contributed by atoms with Crippen molar-refractivity contribution in [2.24, 2.45) is 0 Å². The van der Waals surface area contributed by atoms with Gasteiger partial charge in [0.1, 0.15) is 0 Å². The molecule has 0 aromatic heterocycles. The van der Waals surface area contributed by atoms with Crippen molar-refractivity contribution in [3.05, 3.63) is 93.2 Å². The lowest BCUT2D eigenvalue weighted by Crippen LogP contribution is -1.84. The quantitative estimate of drug-likeness (QED) is 0.0829. The van der Waals surface area contributed by atoms with E-state index in [0.717, 1.165) is 11.8 Å². The summed E-state index contributed by atoms with van der Waals surface area (Å²) in [7, 11) is 0. The summed E-state index contributed by atoms with van der Waals surface area (Å²) in [4.78, 5) is 0. The van der Waals surface area contributed by atoms with Crippen LogP contribution in [0.1, 0.15) is 152 Å². The first-order chi connectivity index (χ1) is 19.5. The molecule has 0 bridgehead atoms. The van der Waals surface area contributed by atoms with Gasteiger partial charge in [0.2, 0.25) is 0 Å². The van der Waals surface area contributed by atoms with Gasteiger partial charge in [0.25, 0.3) is 0 Å². The van der Waals surface area contributed by atoms with Crippen molar-refractivity contribution < 1.29 is 0 Å². The Morgan fingerprint density at radius 1 is 0.317 bits per heavy atom. The van der Waals surface area contributed by atoms with Crippen LogP contribution in [-0.4, -0.2) is 5.33 Å². The molecule has 0 heterocycles. The van der Waals surface area contributed by atoms with E-state index in [1.807, 2.05) is 0 Å². The van der Waals surface area contributed by atoms with Gasteiger partial charge in [-0.3, -0.25) is 0 Å². The molecule has 0 saturated carbocycles. The highest BCUT2D eigenvalue weighted by Gasteiger charge is 1.96. The minimum absolute atomic E-state index is 0.964. The Hall–Kier alpha value is -1.60. The van der Waals surface area contributed by atoms with Crippen LogP contribution in [0, 0.1) is 0 Å². The second-order valence-electron chi connectivity index (χ2n) is 12.6. The maximum absolute atomic E-state index is 3.48. The van der Waals surface area contributed by atoms with Gasteiger partial charge in [-0.25, -0.2) is 0 Å². The largest absolute Gasteiger partial charge is 0.0883 e. The monoisotopic (exact) mass is 624 g/mol. The third kappa shape index (κ3) is 27.0. The molecule has 0 unspecified atom stereocenters. The van der Waals surface area contributed by atoms with Crippen molar-refractivity contribution >= 4 is 15.9 Å². The molecule has 0 spiro atoms. The van der Waals surface area contributed by atoms with Crippen molar-refractivity contribution in [1.29, 1.82) is 0 Å². The van der Waals surface area contributed by atoms with Crippen LogP contribution in [0.25, 0.3) is 0 Å². The molecule has 0 fully saturated rings. The van der Waals surface area contributed by atoms with Gasteiger partial charge in [-0.2, -0.15) is 0 Å². The first kappa shape index (κ1) is 39.4. The predicted octanol–water partition coefficient (Wildman–Crippen LogP) is 14.4. The van der Waals surface area contributed by atoms with E-state index in [1.165, 1.54) is 128 Å². The Morgan fingerprint density at radius 3 is 0.707 bits per heavy atom. The smallest absolute Gasteiger partial charge is 0.0214 e. The van der Waals surface area contributed by atoms with E-state index in [1.54, 1.807) is 0 Å². The summed E-state index contributed by atoms with van der Waals surface area (Å²) < 4.78 is 0. The van der Waals surface area contributed by atoms with Crippen molar-refractivity contribution in [2.75, 3.05) is 5.33 Å². The first-order valence-corrected chi connectivity index (χ1v) is 17.4. The van der Waals surface area contributed by atoms with Gasteiger partial charge in [-0.05, 0) is 152 Å². The van der Waals surface area contributed by atoms with Crippen molar-refractivity contribution in [3.63, 3.8) is 0 Å². The molecule has 0 aromatic carbocycles. The number of rotatable bonds is 22. The lowest BCUT2D eigenvalue weighted by molar-refractivity contribution is 0.882. The molecule has 0 aliphatic heterocycles. The predicted molar refractivity (Wildman–Crippen MR) is 194 cm³/mol. The number of hydrogen-bond donors (Lipinski definition) is 0. The van der Waals surface area contributed by atoms with Crippen molar-refractivity contribution in [3.8, 4) is 0 Å². The molecule has 0 saturated heterocycles. The highest BCUT2D eigenvalue weighted by molar-refractivity contribution is 9.09. The minimum atomic E-state index is 0.964. The van der Waals surface area contributed by atoms with Crippen LogP contribution in [0.3, 0.4) is 0 Å². The Balaban J connectivity index is 4.18. The van der Waals surface area contributed by atoms with Crippen LogP contribution in [0.15, 0.2) is 93.2 Å². The van der Waals surface area contributed by atoms with Crippen LogP contribution in [-0.2, 0) is 0 Å². The molecular weight excluding hydrogens is 560 g/mol. The molecule has 0 aliphatic carbocycles. The average Bonchev–Trinajstić information content (AvgIpc) is 2.88. The molecule has 0 nitrogen and oxygen atoms in total. The third-order valence-electron chi connectivity index (χ3n) is 7.71. The van der Waals surface area contributed by atoms with Crippen molar-refractivity contribution in [1.82, 2.24) is 0 Å². The van der Waals surface area contributed by atoms with Gasteiger partial charge in [0, 0.05) is 5.33 Å². The van der Waals surface area contributed by atoms with Gasteiger partial charge in [-0.1, -0.05) is 109 Å². The number of hydrogen-bond acceptors (Lipinski definition) is 0. The van der Waals surface area contributed by atoms with E-state index < -0.39 is 0 Å². The Bertz CT molecular complexity index is 951. The van der Waals surface area contributed by atoms with Crippen LogP contribution >= 0.6 is 15.9 Å². The van der Waals surface area contributed by atoms with Crippen LogP contribution in [0.4, 0.5) is 0 Å². The van der Waals surface area contributed by atoms with E-state index in [-0.39, 0.29) is 0 Å². The Morgan fingerprint density at radius 2 is 0.512 bits per heavy atom. The zero-order chi connectivity index (χ0) is 30.9. The molecule has 0 atom stereocenters. The molecule has 41 heavy (non-hydrogen) atoms. The van der Waals surface area contributed by atoms with Crippen LogP contribution < -0.4 is 0 Å². The summed E-state index contributed by atoms with van der Waals surface area (Å²) in [5.41, 5.74) is 12.1. The summed E-state index contributed by atoms with van der Waals surface area (Å²) in [6.07, 6.45) is 35.7. The lowest BCUT2D eigenvalue weighted by atomic mass is 10.0. The molecule has 0 amide bonds. The first-order valence-electron chi connectivity index (χ1n) is 16.3. The highest BCUT2D eigenvalue weighted by atomic mass is 79.9. The molecule has 0 rings (SSSR count). The molecule has 0 aromatic rings. The van der Waals surface area contributed by atoms with Crippen LogP contribution in [0.5, 0.6) is 0 Å². The maximum Gasteiger partial charge on any atom is 0.0214 e. The second kappa shape index (κ2) is 26.1. The van der Waals surface area contributed by atoms with E-state index in [2.05, 4.69) is 127 Å².